The third-order valence-corrected chi connectivity index (χ3v) is 3.64. The molecule has 1 aromatic heterocycles. The largest absolute Gasteiger partial charge is 0.408 e. The van der Waals surface area contributed by atoms with Crippen molar-refractivity contribution in [3.8, 4) is 0 Å². The Bertz CT molecular complexity index is 683. The Kier molecular flexibility index (Phi) is 3.14. The highest BCUT2D eigenvalue weighted by atomic mass is 35.5. The van der Waals surface area contributed by atoms with Gasteiger partial charge < -0.3 is 10.2 Å². The highest BCUT2D eigenvalue weighted by Crippen LogP contribution is 2.24. The number of rotatable bonds is 3. The van der Waals surface area contributed by atoms with Gasteiger partial charge >= 0.3 is 6.01 Å². The van der Waals surface area contributed by atoms with Crippen molar-refractivity contribution < 1.29 is 12.8 Å². The average molecular weight is 289 g/mol. The number of halogens is 1. The van der Waals surface area contributed by atoms with E-state index in [1.807, 2.05) is 0 Å². The summed E-state index contributed by atoms with van der Waals surface area (Å²) >= 11 is 5.69. The summed E-state index contributed by atoms with van der Waals surface area (Å²) < 4.78 is 31.0. The Morgan fingerprint density at radius 1 is 1.39 bits per heavy atom. The highest BCUT2D eigenvalue weighted by molar-refractivity contribution is 7.92. The monoisotopic (exact) mass is 288 g/mol. The summed E-state index contributed by atoms with van der Waals surface area (Å²) in [6.45, 7) is 1.54. The molecule has 2 rings (SSSR count). The van der Waals surface area contributed by atoms with Crippen LogP contribution in [-0.4, -0.2) is 18.6 Å². The maximum atomic E-state index is 12.0. The molecule has 0 amide bonds. The van der Waals surface area contributed by atoms with Crippen molar-refractivity contribution in [1.82, 2.24) is 10.2 Å². The molecule has 96 valence electrons. The summed E-state index contributed by atoms with van der Waals surface area (Å²) in [6, 6.07) is 3.84. The Hall–Kier alpha value is -1.80. The van der Waals surface area contributed by atoms with Crippen LogP contribution in [0.2, 0.25) is 5.02 Å². The van der Waals surface area contributed by atoms with E-state index in [1.54, 1.807) is 6.92 Å². The number of anilines is 2. The Morgan fingerprint density at radius 3 is 2.67 bits per heavy atom. The molecule has 0 saturated heterocycles. The number of nitrogens with one attached hydrogen (secondary N) is 1. The van der Waals surface area contributed by atoms with E-state index in [-0.39, 0.29) is 22.5 Å². The second-order valence-corrected chi connectivity index (χ2v) is 5.50. The second-order valence-electron chi connectivity index (χ2n) is 3.41. The third kappa shape index (κ3) is 2.54. The predicted molar refractivity (Wildman–Crippen MR) is 65.7 cm³/mol. The lowest BCUT2D eigenvalue weighted by Crippen LogP contribution is -2.15. The molecule has 1 heterocycles. The molecular formula is C9H9ClN4O3S. The van der Waals surface area contributed by atoms with Gasteiger partial charge in [-0.05, 0) is 18.2 Å². The summed E-state index contributed by atoms with van der Waals surface area (Å²) in [5, 5.41) is 7.38. The molecule has 0 bridgehead atoms. The number of nitrogen functional groups attached to an aromatic ring is 1. The topological polar surface area (TPSA) is 111 Å². The van der Waals surface area contributed by atoms with Crippen LogP contribution in [0.15, 0.2) is 27.5 Å². The molecule has 0 fully saturated rings. The van der Waals surface area contributed by atoms with Gasteiger partial charge in [0.25, 0.3) is 10.0 Å². The molecule has 9 heteroatoms. The number of hydrogen-bond donors (Lipinski definition) is 2. The Labute approximate surface area is 108 Å². The second kappa shape index (κ2) is 4.46. The lowest BCUT2D eigenvalue weighted by Gasteiger charge is -2.07. The number of hydrogen-bond acceptors (Lipinski definition) is 6. The molecule has 0 spiro atoms. The summed E-state index contributed by atoms with van der Waals surface area (Å²) in [5.41, 5.74) is 5.63. The van der Waals surface area contributed by atoms with Crippen molar-refractivity contribution in [3.63, 3.8) is 0 Å². The van der Waals surface area contributed by atoms with Gasteiger partial charge in [-0.1, -0.05) is 16.7 Å². The summed E-state index contributed by atoms with van der Waals surface area (Å²) in [4.78, 5) is -0.109. The smallest absolute Gasteiger partial charge is 0.329 e. The van der Waals surface area contributed by atoms with Crippen LogP contribution in [0.25, 0.3) is 0 Å². The quantitative estimate of drug-likeness (QED) is 0.826. The highest BCUT2D eigenvalue weighted by Gasteiger charge is 2.20. The van der Waals surface area contributed by atoms with E-state index in [0.717, 1.165) is 0 Å². The molecule has 18 heavy (non-hydrogen) atoms. The van der Waals surface area contributed by atoms with Gasteiger partial charge in [-0.3, -0.25) is 0 Å². The molecule has 0 radical (unpaired) electrons. The van der Waals surface area contributed by atoms with Crippen LogP contribution in [0, 0.1) is 6.92 Å². The number of nitrogens with zero attached hydrogens (tertiary/aromatic N) is 2. The van der Waals surface area contributed by atoms with Crippen LogP contribution in [0.4, 0.5) is 11.7 Å². The molecule has 3 N–H and O–H groups in total. The molecule has 0 saturated carbocycles. The lowest BCUT2D eigenvalue weighted by atomic mass is 10.3. The van der Waals surface area contributed by atoms with Gasteiger partial charge in [0.05, 0.1) is 5.69 Å². The zero-order valence-electron chi connectivity index (χ0n) is 9.21. The minimum Gasteiger partial charge on any atom is -0.408 e. The van der Waals surface area contributed by atoms with Crippen LogP contribution in [0.5, 0.6) is 0 Å². The van der Waals surface area contributed by atoms with Gasteiger partial charge in [-0.15, -0.1) is 5.10 Å². The molecule has 0 aliphatic rings. The van der Waals surface area contributed by atoms with Gasteiger partial charge in [0, 0.05) is 11.9 Å². The first kappa shape index (κ1) is 12.7. The fourth-order valence-electron chi connectivity index (χ4n) is 1.27. The van der Waals surface area contributed by atoms with Crippen molar-refractivity contribution in [1.29, 1.82) is 0 Å². The third-order valence-electron chi connectivity index (χ3n) is 2.01. The Morgan fingerprint density at radius 2 is 2.11 bits per heavy atom. The number of nitrogens with two attached hydrogens (primary N) is 1. The molecule has 0 unspecified atom stereocenters. The number of aromatic nitrogens is 2. The SMILES string of the molecule is Cc1nnc(NS(=O)(=O)c2ccc(Cl)cc2N)o1. The summed E-state index contributed by atoms with van der Waals surface area (Å²) in [6.07, 6.45) is 0. The van der Waals surface area contributed by atoms with Crippen LogP contribution in [0.1, 0.15) is 5.89 Å². The molecular weight excluding hydrogens is 280 g/mol. The maximum Gasteiger partial charge on any atom is 0.329 e. The lowest BCUT2D eigenvalue weighted by molar-refractivity contribution is 0.534. The average Bonchev–Trinajstić information content (AvgIpc) is 2.62. The normalized spacial score (nSPS) is 11.4. The summed E-state index contributed by atoms with van der Waals surface area (Å²) in [7, 11) is -3.88. The van der Waals surface area contributed by atoms with E-state index < -0.39 is 10.0 Å². The van der Waals surface area contributed by atoms with Crippen molar-refractivity contribution in [3.05, 3.63) is 29.1 Å². The van der Waals surface area contributed by atoms with Gasteiger partial charge in [0.2, 0.25) is 5.89 Å². The van der Waals surface area contributed by atoms with Gasteiger partial charge in [-0.2, -0.15) is 0 Å². The van der Waals surface area contributed by atoms with Crippen LogP contribution >= 0.6 is 11.6 Å². The van der Waals surface area contributed by atoms with Crippen LogP contribution in [-0.2, 0) is 10.0 Å². The first-order chi connectivity index (χ1) is 8.38. The van der Waals surface area contributed by atoms with Crippen molar-refractivity contribution in [2.45, 2.75) is 11.8 Å². The van der Waals surface area contributed by atoms with E-state index in [2.05, 4.69) is 14.9 Å². The van der Waals surface area contributed by atoms with Crippen molar-refractivity contribution in [2.24, 2.45) is 0 Å². The van der Waals surface area contributed by atoms with E-state index in [0.29, 0.717) is 5.02 Å². The zero-order valence-corrected chi connectivity index (χ0v) is 10.8. The standard InChI is InChI=1S/C9H9ClN4O3S/c1-5-12-13-9(17-5)14-18(15,16)8-3-2-6(10)4-7(8)11/h2-4H,11H2,1H3,(H,13,14). The maximum absolute atomic E-state index is 12.0. The predicted octanol–water partition coefficient (Wildman–Crippen LogP) is 1.41. The fraction of sp³-hybridized carbons (Fsp3) is 0.111. The van der Waals surface area contributed by atoms with Gasteiger partial charge in [0.1, 0.15) is 4.90 Å². The molecule has 0 aliphatic carbocycles. The Balaban J connectivity index is 2.36. The molecule has 2 aromatic rings. The van der Waals surface area contributed by atoms with Crippen molar-refractivity contribution >= 4 is 33.3 Å². The number of aryl methyl sites for hydroxylation is 1. The molecule has 1 aromatic carbocycles. The van der Waals surface area contributed by atoms with E-state index >= 15 is 0 Å². The van der Waals surface area contributed by atoms with Gasteiger partial charge in [-0.25, -0.2) is 13.1 Å². The first-order valence-electron chi connectivity index (χ1n) is 4.76. The molecule has 0 aliphatic heterocycles. The summed E-state index contributed by atoms with van der Waals surface area (Å²) in [5.74, 6) is 0.247. The van der Waals surface area contributed by atoms with Crippen molar-refractivity contribution in [2.75, 3.05) is 10.5 Å². The minimum atomic E-state index is -3.88. The van der Waals surface area contributed by atoms with Crippen LogP contribution < -0.4 is 10.5 Å². The van der Waals surface area contributed by atoms with Gasteiger partial charge in [0.15, 0.2) is 0 Å². The minimum absolute atomic E-state index is 0.0336. The number of benzene rings is 1. The van der Waals surface area contributed by atoms with E-state index in [1.165, 1.54) is 18.2 Å². The zero-order chi connectivity index (χ0) is 13.3. The van der Waals surface area contributed by atoms with E-state index in [9.17, 15) is 8.42 Å². The molecule has 0 atom stereocenters. The number of sulfonamides is 1. The van der Waals surface area contributed by atoms with E-state index in [4.69, 9.17) is 21.8 Å². The van der Waals surface area contributed by atoms with Crippen LogP contribution in [0.3, 0.4) is 0 Å². The fourth-order valence-corrected chi connectivity index (χ4v) is 2.49. The molecule has 7 nitrogen and oxygen atoms in total. The first-order valence-corrected chi connectivity index (χ1v) is 6.62.